The maximum Gasteiger partial charge on any atom is 0.236 e. The van der Waals surface area contributed by atoms with E-state index < -0.39 is 0 Å². The normalized spacial score (nSPS) is 17.1. The summed E-state index contributed by atoms with van der Waals surface area (Å²) in [6.07, 6.45) is 1.000. The molecule has 0 spiro atoms. The molecule has 100 valence electrons. The zero-order valence-corrected chi connectivity index (χ0v) is 11.7. The molecule has 2 heterocycles. The van der Waals surface area contributed by atoms with Gasteiger partial charge < -0.3 is 15.1 Å². The molecule has 0 aromatic carbocycles. The average molecular weight is 267 g/mol. The van der Waals surface area contributed by atoms with Crippen molar-refractivity contribution in [2.45, 2.75) is 6.42 Å². The number of hydrogen-bond donors (Lipinski definition) is 1. The Morgan fingerprint density at radius 2 is 2.17 bits per heavy atom. The summed E-state index contributed by atoms with van der Waals surface area (Å²) in [5.74, 6) is 0.230. The van der Waals surface area contributed by atoms with Crippen LogP contribution in [0.1, 0.15) is 5.56 Å². The third-order valence-corrected chi connectivity index (χ3v) is 4.03. The van der Waals surface area contributed by atoms with Crippen molar-refractivity contribution < 1.29 is 4.79 Å². The van der Waals surface area contributed by atoms with Crippen molar-refractivity contribution in [2.24, 2.45) is 0 Å². The molecule has 0 unspecified atom stereocenters. The van der Waals surface area contributed by atoms with Crippen LogP contribution >= 0.6 is 11.3 Å². The average Bonchev–Trinajstić information content (AvgIpc) is 2.88. The maximum atomic E-state index is 11.9. The van der Waals surface area contributed by atoms with Crippen LogP contribution in [0.15, 0.2) is 16.8 Å². The second-order valence-corrected chi connectivity index (χ2v) is 5.52. The van der Waals surface area contributed by atoms with E-state index in [9.17, 15) is 4.79 Å². The molecule has 5 heteroatoms. The minimum atomic E-state index is 0.230. The summed E-state index contributed by atoms with van der Waals surface area (Å²) in [5, 5.41) is 7.48. The molecule has 0 saturated carbocycles. The Hall–Kier alpha value is -0.910. The van der Waals surface area contributed by atoms with Gasteiger partial charge in [0.25, 0.3) is 0 Å². The number of thiophene rings is 1. The number of nitrogens with zero attached hydrogens (tertiary/aromatic N) is 2. The van der Waals surface area contributed by atoms with Crippen molar-refractivity contribution in [3.8, 4) is 0 Å². The van der Waals surface area contributed by atoms with E-state index in [-0.39, 0.29) is 5.91 Å². The highest BCUT2D eigenvalue weighted by atomic mass is 32.1. The predicted molar refractivity (Wildman–Crippen MR) is 75.0 cm³/mol. The van der Waals surface area contributed by atoms with Gasteiger partial charge in [0.2, 0.25) is 5.91 Å². The second kappa shape index (κ2) is 6.87. The van der Waals surface area contributed by atoms with Gasteiger partial charge in [0.1, 0.15) is 0 Å². The van der Waals surface area contributed by atoms with Crippen LogP contribution < -0.4 is 5.32 Å². The lowest BCUT2D eigenvalue weighted by Crippen LogP contribution is -2.49. The molecule has 1 N–H and O–H groups in total. The van der Waals surface area contributed by atoms with E-state index in [0.29, 0.717) is 6.54 Å². The first-order valence-corrected chi connectivity index (χ1v) is 7.38. The molecule has 0 radical (unpaired) electrons. The van der Waals surface area contributed by atoms with Crippen LogP contribution in [0.3, 0.4) is 0 Å². The predicted octanol–water partition coefficient (Wildman–Crippen LogP) is 0.654. The van der Waals surface area contributed by atoms with Crippen LogP contribution in [0, 0.1) is 0 Å². The smallest absolute Gasteiger partial charge is 0.236 e. The Bertz CT molecular complexity index is 358. The Morgan fingerprint density at radius 3 is 2.83 bits per heavy atom. The first kappa shape index (κ1) is 13.5. The summed E-state index contributed by atoms with van der Waals surface area (Å²) in [5.41, 5.74) is 1.35. The first-order valence-electron chi connectivity index (χ1n) is 6.44. The Balaban J connectivity index is 1.60. The molecule has 0 bridgehead atoms. The van der Waals surface area contributed by atoms with E-state index in [1.807, 2.05) is 4.90 Å². The SMILES string of the molecule is CN1CCN(C(=O)CNCCc2ccsc2)CC1. The molecule has 0 aliphatic carbocycles. The Kier molecular flexibility index (Phi) is 5.16. The summed E-state index contributed by atoms with van der Waals surface area (Å²) >= 11 is 1.72. The monoisotopic (exact) mass is 267 g/mol. The van der Waals surface area contributed by atoms with Crippen molar-refractivity contribution >= 4 is 17.2 Å². The van der Waals surface area contributed by atoms with Gasteiger partial charge >= 0.3 is 0 Å². The van der Waals surface area contributed by atoms with Gasteiger partial charge in [-0.3, -0.25) is 4.79 Å². The van der Waals surface area contributed by atoms with Gasteiger partial charge in [0.05, 0.1) is 6.54 Å². The summed E-state index contributed by atoms with van der Waals surface area (Å²) in [6.45, 7) is 5.04. The zero-order chi connectivity index (χ0) is 12.8. The van der Waals surface area contributed by atoms with Gasteiger partial charge in [-0.15, -0.1) is 0 Å². The molecule has 18 heavy (non-hydrogen) atoms. The van der Waals surface area contributed by atoms with Crippen LogP contribution in [0.4, 0.5) is 0 Å². The van der Waals surface area contributed by atoms with Crippen molar-refractivity contribution in [3.63, 3.8) is 0 Å². The number of hydrogen-bond acceptors (Lipinski definition) is 4. The summed E-state index contributed by atoms with van der Waals surface area (Å²) in [7, 11) is 2.10. The molecular weight excluding hydrogens is 246 g/mol. The highest BCUT2D eigenvalue weighted by Gasteiger charge is 2.18. The molecule has 1 aromatic heterocycles. The molecule has 1 aliphatic heterocycles. The number of likely N-dealkylation sites (N-methyl/N-ethyl adjacent to an activating group) is 1. The van der Waals surface area contributed by atoms with E-state index in [1.165, 1.54) is 5.56 Å². The standard InChI is InChI=1S/C13H21N3OS/c1-15-5-7-16(8-6-15)13(17)10-14-4-2-12-3-9-18-11-12/h3,9,11,14H,2,4-8,10H2,1H3. The highest BCUT2D eigenvalue weighted by Crippen LogP contribution is 2.05. The van der Waals surface area contributed by atoms with Crippen molar-refractivity contribution in [2.75, 3.05) is 46.3 Å². The Labute approximate surface area is 113 Å². The number of carbonyl (C=O) groups excluding carboxylic acids is 1. The number of piperazine rings is 1. The first-order chi connectivity index (χ1) is 8.75. The van der Waals surface area contributed by atoms with E-state index in [2.05, 4.69) is 34.1 Å². The number of rotatable bonds is 5. The summed E-state index contributed by atoms with van der Waals surface area (Å²) < 4.78 is 0. The van der Waals surface area contributed by atoms with Gasteiger partial charge in [-0.1, -0.05) is 0 Å². The maximum absolute atomic E-state index is 11.9. The van der Waals surface area contributed by atoms with E-state index in [4.69, 9.17) is 0 Å². The van der Waals surface area contributed by atoms with Crippen molar-refractivity contribution in [1.29, 1.82) is 0 Å². The molecule has 1 saturated heterocycles. The molecular formula is C13H21N3OS. The molecule has 1 amide bonds. The minimum Gasteiger partial charge on any atom is -0.339 e. The van der Waals surface area contributed by atoms with Crippen molar-refractivity contribution in [1.82, 2.24) is 15.1 Å². The number of carbonyl (C=O) groups is 1. The van der Waals surface area contributed by atoms with Crippen LogP contribution in [-0.4, -0.2) is 62.0 Å². The fraction of sp³-hybridized carbons (Fsp3) is 0.615. The molecule has 1 fully saturated rings. The van der Waals surface area contributed by atoms with Crippen LogP contribution in [0.25, 0.3) is 0 Å². The lowest BCUT2D eigenvalue weighted by Gasteiger charge is -2.32. The van der Waals surface area contributed by atoms with Gasteiger partial charge in [0, 0.05) is 26.2 Å². The van der Waals surface area contributed by atoms with E-state index in [0.717, 1.165) is 39.1 Å². The van der Waals surface area contributed by atoms with Crippen LogP contribution in [0.5, 0.6) is 0 Å². The van der Waals surface area contributed by atoms with Gasteiger partial charge in [-0.25, -0.2) is 0 Å². The quantitative estimate of drug-likeness (QED) is 0.796. The fourth-order valence-electron chi connectivity index (χ4n) is 2.03. The van der Waals surface area contributed by atoms with Gasteiger partial charge in [0.15, 0.2) is 0 Å². The highest BCUT2D eigenvalue weighted by molar-refractivity contribution is 7.07. The number of amides is 1. The number of nitrogens with one attached hydrogen (secondary N) is 1. The molecule has 0 atom stereocenters. The zero-order valence-electron chi connectivity index (χ0n) is 10.9. The molecule has 2 rings (SSSR count). The lowest BCUT2D eigenvalue weighted by molar-refractivity contribution is -0.131. The lowest BCUT2D eigenvalue weighted by atomic mass is 10.2. The van der Waals surface area contributed by atoms with E-state index in [1.54, 1.807) is 11.3 Å². The second-order valence-electron chi connectivity index (χ2n) is 4.74. The summed E-state index contributed by atoms with van der Waals surface area (Å²) in [6, 6.07) is 2.13. The summed E-state index contributed by atoms with van der Waals surface area (Å²) in [4.78, 5) is 16.1. The van der Waals surface area contributed by atoms with Gasteiger partial charge in [-0.05, 0) is 42.4 Å². The van der Waals surface area contributed by atoms with Crippen LogP contribution in [-0.2, 0) is 11.2 Å². The Morgan fingerprint density at radius 1 is 1.39 bits per heavy atom. The fourth-order valence-corrected chi connectivity index (χ4v) is 2.73. The minimum absolute atomic E-state index is 0.230. The molecule has 4 nitrogen and oxygen atoms in total. The van der Waals surface area contributed by atoms with E-state index >= 15 is 0 Å². The van der Waals surface area contributed by atoms with Crippen LogP contribution in [0.2, 0.25) is 0 Å². The molecule has 1 aromatic rings. The largest absolute Gasteiger partial charge is 0.339 e. The van der Waals surface area contributed by atoms with Gasteiger partial charge in [-0.2, -0.15) is 11.3 Å². The third kappa shape index (κ3) is 4.08. The third-order valence-electron chi connectivity index (χ3n) is 3.30. The van der Waals surface area contributed by atoms with Crippen molar-refractivity contribution in [3.05, 3.63) is 22.4 Å². The topological polar surface area (TPSA) is 35.6 Å². The molecule has 1 aliphatic rings.